The van der Waals surface area contributed by atoms with Gasteiger partial charge in [-0.25, -0.2) is 8.42 Å². The van der Waals surface area contributed by atoms with Gasteiger partial charge in [0.2, 0.25) is 9.84 Å². The summed E-state index contributed by atoms with van der Waals surface area (Å²) >= 11 is 5.77. The summed E-state index contributed by atoms with van der Waals surface area (Å²) in [5, 5.41) is 0.559. The SMILES string of the molecule is C=C(c1ccc(Cl)cc1)S(=O)(=O)c1ccccc1. The van der Waals surface area contributed by atoms with Gasteiger partial charge in [-0.2, -0.15) is 0 Å². The van der Waals surface area contributed by atoms with Crippen LogP contribution in [0, 0.1) is 0 Å². The van der Waals surface area contributed by atoms with Crippen molar-refractivity contribution in [2.45, 2.75) is 4.90 Å². The van der Waals surface area contributed by atoms with Crippen molar-refractivity contribution in [1.29, 1.82) is 0 Å². The lowest BCUT2D eigenvalue weighted by Crippen LogP contribution is -2.02. The van der Waals surface area contributed by atoms with Crippen LogP contribution in [-0.4, -0.2) is 8.42 Å². The molecule has 0 spiro atoms. The van der Waals surface area contributed by atoms with Gasteiger partial charge >= 0.3 is 0 Å². The third-order valence-corrected chi connectivity index (χ3v) is 4.57. The van der Waals surface area contributed by atoms with Crippen LogP contribution in [0.1, 0.15) is 5.56 Å². The van der Waals surface area contributed by atoms with Gasteiger partial charge in [-0.15, -0.1) is 0 Å². The predicted octanol–water partition coefficient (Wildman–Crippen LogP) is 3.78. The molecule has 0 aliphatic heterocycles. The lowest BCUT2D eigenvalue weighted by molar-refractivity contribution is 0.606. The second-order valence-electron chi connectivity index (χ2n) is 3.75. The molecule has 0 saturated heterocycles. The van der Waals surface area contributed by atoms with E-state index in [1.807, 2.05) is 0 Å². The van der Waals surface area contributed by atoms with Crippen molar-refractivity contribution in [2.75, 3.05) is 0 Å². The molecular weight excluding hydrogens is 268 g/mol. The van der Waals surface area contributed by atoms with E-state index in [4.69, 9.17) is 11.6 Å². The summed E-state index contributed by atoms with van der Waals surface area (Å²) in [6.07, 6.45) is 0. The molecule has 0 saturated carbocycles. The smallest absolute Gasteiger partial charge is 0.206 e. The van der Waals surface area contributed by atoms with Crippen molar-refractivity contribution in [3.05, 3.63) is 71.8 Å². The molecule has 0 atom stereocenters. The van der Waals surface area contributed by atoms with Gasteiger partial charge in [0.1, 0.15) is 0 Å². The number of hydrogen-bond acceptors (Lipinski definition) is 2. The Kier molecular flexibility index (Phi) is 3.55. The Morgan fingerprint density at radius 1 is 0.944 bits per heavy atom. The number of sulfone groups is 1. The Hall–Kier alpha value is -1.58. The van der Waals surface area contributed by atoms with Crippen LogP contribution in [0.2, 0.25) is 5.02 Å². The van der Waals surface area contributed by atoms with E-state index < -0.39 is 9.84 Å². The van der Waals surface area contributed by atoms with Crippen molar-refractivity contribution < 1.29 is 8.42 Å². The molecule has 0 aromatic heterocycles. The van der Waals surface area contributed by atoms with Crippen molar-refractivity contribution in [1.82, 2.24) is 0 Å². The number of rotatable bonds is 3. The first-order valence-corrected chi connectivity index (χ1v) is 7.13. The van der Waals surface area contributed by atoms with Gasteiger partial charge in [0, 0.05) is 5.02 Å². The summed E-state index contributed by atoms with van der Waals surface area (Å²) in [5.41, 5.74) is 0.545. The van der Waals surface area contributed by atoms with E-state index in [1.54, 1.807) is 54.6 Å². The highest BCUT2D eigenvalue weighted by Gasteiger charge is 2.19. The van der Waals surface area contributed by atoms with Gasteiger partial charge in [-0.05, 0) is 29.8 Å². The minimum absolute atomic E-state index is 0.0744. The fourth-order valence-corrected chi connectivity index (χ4v) is 2.91. The average Bonchev–Trinajstić information content (AvgIpc) is 2.40. The summed E-state index contributed by atoms with van der Waals surface area (Å²) in [5.74, 6) is 0. The monoisotopic (exact) mass is 278 g/mol. The fourth-order valence-electron chi connectivity index (χ4n) is 1.53. The largest absolute Gasteiger partial charge is 0.219 e. The van der Waals surface area contributed by atoms with Crippen LogP contribution >= 0.6 is 11.6 Å². The third kappa shape index (κ3) is 2.47. The van der Waals surface area contributed by atoms with Gasteiger partial charge in [0.05, 0.1) is 9.80 Å². The molecule has 0 amide bonds. The molecule has 0 N–H and O–H groups in total. The van der Waals surface area contributed by atoms with Gasteiger partial charge in [0.25, 0.3) is 0 Å². The van der Waals surface area contributed by atoms with E-state index in [0.29, 0.717) is 10.6 Å². The molecule has 0 aliphatic carbocycles. The van der Waals surface area contributed by atoms with E-state index >= 15 is 0 Å². The fraction of sp³-hybridized carbons (Fsp3) is 0. The van der Waals surface area contributed by atoms with Gasteiger partial charge in [-0.1, -0.05) is 48.5 Å². The number of hydrogen-bond donors (Lipinski definition) is 0. The second kappa shape index (κ2) is 4.96. The first kappa shape index (κ1) is 12.9. The molecule has 0 bridgehead atoms. The Labute approximate surface area is 111 Å². The molecule has 0 aliphatic rings. The highest BCUT2D eigenvalue weighted by atomic mass is 35.5. The molecule has 2 aromatic rings. The standard InChI is InChI=1S/C14H11ClO2S/c1-11(12-7-9-13(15)10-8-12)18(16,17)14-5-3-2-4-6-14/h2-10H,1H2. The topological polar surface area (TPSA) is 34.1 Å². The quantitative estimate of drug-likeness (QED) is 0.856. The molecule has 18 heavy (non-hydrogen) atoms. The minimum atomic E-state index is -3.54. The molecule has 0 fully saturated rings. The summed E-state index contributed by atoms with van der Waals surface area (Å²) in [6, 6.07) is 14.8. The van der Waals surface area contributed by atoms with Crippen LogP contribution in [-0.2, 0) is 9.84 Å². The first-order chi connectivity index (χ1) is 8.51. The maximum Gasteiger partial charge on any atom is 0.206 e. The number of halogens is 1. The minimum Gasteiger partial charge on any atom is -0.219 e. The van der Waals surface area contributed by atoms with Crippen molar-refractivity contribution >= 4 is 26.3 Å². The molecular formula is C14H11ClO2S. The zero-order valence-electron chi connectivity index (χ0n) is 9.51. The van der Waals surface area contributed by atoms with Crippen LogP contribution in [0.5, 0.6) is 0 Å². The Morgan fingerprint density at radius 2 is 1.50 bits per heavy atom. The van der Waals surface area contributed by atoms with Gasteiger partial charge < -0.3 is 0 Å². The zero-order chi connectivity index (χ0) is 13.2. The lowest BCUT2D eigenvalue weighted by Gasteiger charge is -2.07. The summed E-state index contributed by atoms with van der Waals surface area (Å²) in [7, 11) is -3.54. The van der Waals surface area contributed by atoms with Crippen molar-refractivity contribution in [3.8, 4) is 0 Å². The van der Waals surface area contributed by atoms with E-state index in [0.717, 1.165) is 0 Å². The molecule has 0 heterocycles. The molecule has 2 rings (SSSR count). The maximum absolute atomic E-state index is 12.3. The molecule has 2 nitrogen and oxygen atoms in total. The van der Waals surface area contributed by atoms with Gasteiger partial charge in [-0.3, -0.25) is 0 Å². The highest BCUT2D eigenvalue weighted by molar-refractivity contribution is 8.00. The van der Waals surface area contributed by atoms with E-state index in [1.165, 1.54) is 0 Å². The Balaban J connectivity index is 2.43. The third-order valence-electron chi connectivity index (χ3n) is 2.54. The molecule has 4 heteroatoms. The number of benzene rings is 2. The van der Waals surface area contributed by atoms with Crippen LogP contribution < -0.4 is 0 Å². The van der Waals surface area contributed by atoms with Crippen molar-refractivity contribution in [3.63, 3.8) is 0 Å². The van der Waals surface area contributed by atoms with Crippen molar-refractivity contribution in [2.24, 2.45) is 0 Å². The first-order valence-electron chi connectivity index (χ1n) is 5.27. The van der Waals surface area contributed by atoms with Crippen LogP contribution in [0.15, 0.2) is 66.1 Å². The average molecular weight is 279 g/mol. The van der Waals surface area contributed by atoms with Crippen LogP contribution in [0.25, 0.3) is 4.91 Å². The van der Waals surface area contributed by atoms with Gasteiger partial charge in [0.15, 0.2) is 0 Å². The second-order valence-corrected chi connectivity index (χ2v) is 6.15. The van der Waals surface area contributed by atoms with Crippen LogP contribution in [0.3, 0.4) is 0 Å². The Morgan fingerprint density at radius 3 is 2.06 bits per heavy atom. The summed E-state index contributed by atoms with van der Waals surface area (Å²) < 4.78 is 24.6. The van der Waals surface area contributed by atoms with Crippen LogP contribution in [0.4, 0.5) is 0 Å². The molecule has 0 unspecified atom stereocenters. The van der Waals surface area contributed by atoms with E-state index in [2.05, 4.69) is 6.58 Å². The lowest BCUT2D eigenvalue weighted by atomic mass is 10.2. The zero-order valence-corrected chi connectivity index (χ0v) is 11.1. The normalized spacial score (nSPS) is 11.2. The maximum atomic E-state index is 12.3. The summed E-state index contributed by atoms with van der Waals surface area (Å²) in [4.78, 5) is 0.315. The van der Waals surface area contributed by atoms with E-state index in [-0.39, 0.29) is 9.80 Å². The molecule has 92 valence electrons. The molecule has 2 aromatic carbocycles. The predicted molar refractivity (Wildman–Crippen MR) is 74.1 cm³/mol. The van der Waals surface area contributed by atoms with E-state index in [9.17, 15) is 8.42 Å². The Bertz CT molecular complexity index is 659. The summed E-state index contributed by atoms with van der Waals surface area (Å²) in [6.45, 7) is 3.67. The molecule has 0 radical (unpaired) electrons. The highest BCUT2D eigenvalue weighted by Crippen LogP contribution is 2.26.